The fraction of sp³-hybridized carbons (Fsp3) is 0.250. The van der Waals surface area contributed by atoms with Gasteiger partial charge in [-0.3, -0.25) is 4.90 Å². The van der Waals surface area contributed by atoms with Crippen LogP contribution in [0, 0.1) is 6.92 Å². The lowest BCUT2D eigenvalue weighted by atomic mass is 9.97. The highest BCUT2D eigenvalue weighted by Crippen LogP contribution is 2.32. The molecule has 27 heavy (non-hydrogen) atoms. The maximum Gasteiger partial charge on any atom is 0.119 e. The molecule has 3 aromatic carbocycles. The van der Waals surface area contributed by atoms with E-state index in [9.17, 15) is 5.11 Å². The number of aliphatic hydroxyl groups excluding tert-OH is 1. The Morgan fingerprint density at radius 1 is 0.852 bits per heavy atom. The molecule has 0 saturated heterocycles. The summed E-state index contributed by atoms with van der Waals surface area (Å²) in [5, 5.41) is 10.5. The zero-order valence-electron chi connectivity index (χ0n) is 15.6. The first-order chi connectivity index (χ1) is 13.2. The van der Waals surface area contributed by atoms with Gasteiger partial charge in [0, 0.05) is 19.6 Å². The number of ether oxygens (including phenoxy) is 1. The number of hydrogen-bond donors (Lipinski definition) is 1. The van der Waals surface area contributed by atoms with Gasteiger partial charge in [-0.1, -0.05) is 66.2 Å². The van der Waals surface area contributed by atoms with E-state index in [1.54, 1.807) is 0 Å². The summed E-state index contributed by atoms with van der Waals surface area (Å²) < 4.78 is 5.76. The van der Waals surface area contributed by atoms with Crippen LogP contribution in [0.15, 0.2) is 72.8 Å². The second-order valence-electron chi connectivity index (χ2n) is 7.26. The molecule has 1 N–H and O–H groups in total. The van der Waals surface area contributed by atoms with E-state index in [4.69, 9.17) is 4.74 Å². The van der Waals surface area contributed by atoms with Crippen molar-refractivity contribution in [3.05, 3.63) is 89.5 Å². The van der Waals surface area contributed by atoms with E-state index in [0.717, 1.165) is 18.8 Å². The van der Waals surface area contributed by atoms with Crippen LogP contribution < -0.4 is 4.74 Å². The summed E-state index contributed by atoms with van der Waals surface area (Å²) in [6.45, 7) is 4.57. The molecule has 1 heterocycles. The van der Waals surface area contributed by atoms with Crippen LogP contribution in [0.5, 0.6) is 5.75 Å². The number of aryl methyl sites for hydroxylation is 1. The molecule has 3 aromatic rings. The molecule has 3 heteroatoms. The van der Waals surface area contributed by atoms with Crippen LogP contribution >= 0.6 is 0 Å². The Bertz CT molecular complexity index is 857. The van der Waals surface area contributed by atoms with Crippen LogP contribution in [-0.2, 0) is 13.1 Å². The van der Waals surface area contributed by atoms with E-state index < -0.39 is 6.10 Å². The maximum absolute atomic E-state index is 10.5. The molecular weight excluding hydrogens is 334 g/mol. The fourth-order valence-corrected chi connectivity index (χ4v) is 3.69. The Kier molecular flexibility index (Phi) is 5.23. The van der Waals surface area contributed by atoms with Gasteiger partial charge in [-0.15, -0.1) is 0 Å². The Morgan fingerprint density at radius 2 is 1.41 bits per heavy atom. The third kappa shape index (κ3) is 4.21. The lowest BCUT2D eigenvalue weighted by molar-refractivity contribution is 0.0633. The normalized spacial score (nSPS) is 14.7. The van der Waals surface area contributed by atoms with Crippen molar-refractivity contribution in [3.8, 4) is 16.9 Å². The Morgan fingerprint density at radius 3 is 2.00 bits per heavy atom. The van der Waals surface area contributed by atoms with Crippen molar-refractivity contribution < 1.29 is 9.84 Å². The molecule has 0 aliphatic carbocycles. The molecule has 1 unspecified atom stereocenters. The fourth-order valence-electron chi connectivity index (χ4n) is 3.69. The molecule has 3 nitrogen and oxygen atoms in total. The molecule has 0 fully saturated rings. The van der Waals surface area contributed by atoms with Crippen molar-refractivity contribution in [2.24, 2.45) is 0 Å². The molecule has 1 aliphatic heterocycles. The van der Waals surface area contributed by atoms with E-state index in [2.05, 4.69) is 53.4 Å². The first-order valence-electron chi connectivity index (χ1n) is 9.45. The first kappa shape index (κ1) is 17.8. The maximum atomic E-state index is 10.5. The predicted octanol–water partition coefficient (Wildman–Crippen LogP) is 4.42. The number of nitrogens with zero attached hydrogens (tertiary/aromatic N) is 1. The molecule has 0 saturated carbocycles. The lowest BCUT2D eigenvalue weighted by Gasteiger charge is -2.24. The average Bonchev–Trinajstić information content (AvgIpc) is 2.84. The van der Waals surface area contributed by atoms with Crippen molar-refractivity contribution >= 4 is 0 Å². The third-order valence-electron chi connectivity index (χ3n) is 5.05. The molecule has 1 aliphatic rings. The molecule has 4 rings (SSSR count). The minimum atomic E-state index is -0.538. The topological polar surface area (TPSA) is 32.7 Å². The largest absolute Gasteiger partial charge is 0.491 e. The number of aliphatic hydroxyl groups is 1. The zero-order valence-corrected chi connectivity index (χ0v) is 15.6. The van der Waals surface area contributed by atoms with Gasteiger partial charge in [-0.05, 0) is 41.3 Å². The number of benzene rings is 3. The molecule has 0 aromatic heterocycles. The Hall–Kier alpha value is -2.62. The summed E-state index contributed by atoms with van der Waals surface area (Å²) in [6, 6.07) is 25.0. The summed E-state index contributed by atoms with van der Waals surface area (Å²) in [5.74, 6) is 0.797. The molecule has 0 radical (unpaired) electrons. The van der Waals surface area contributed by atoms with Gasteiger partial charge in [0.05, 0.1) is 0 Å². The number of fused-ring (bicyclic) bond motifs is 3. The summed E-state index contributed by atoms with van der Waals surface area (Å²) in [6.07, 6.45) is -0.538. The van der Waals surface area contributed by atoms with Crippen LogP contribution in [0.3, 0.4) is 0 Å². The van der Waals surface area contributed by atoms with E-state index in [1.165, 1.54) is 27.8 Å². The van der Waals surface area contributed by atoms with E-state index in [-0.39, 0.29) is 0 Å². The van der Waals surface area contributed by atoms with Crippen LogP contribution in [-0.4, -0.2) is 29.3 Å². The molecule has 0 amide bonds. The minimum Gasteiger partial charge on any atom is -0.491 e. The van der Waals surface area contributed by atoms with Crippen molar-refractivity contribution in [1.82, 2.24) is 4.90 Å². The SMILES string of the molecule is Cc1ccc(OCC(O)CN2Cc3ccccc3-c3ccccc3C2)cc1. The summed E-state index contributed by atoms with van der Waals surface area (Å²) in [4.78, 5) is 2.30. The van der Waals surface area contributed by atoms with Gasteiger partial charge in [-0.25, -0.2) is 0 Å². The Balaban J connectivity index is 1.46. The molecule has 1 atom stereocenters. The van der Waals surface area contributed by atoms with Crippen molar-refractivity contribution in [1.29, 1.82) is 0 Å². The lowest BCUT2D eigenvalue weighted by Crippen LogP contribution is -2.34. The summed E-state index contributed by atoms with van der Waals surface area (Å²) >= 11 is 0. The van der Waals surface area contributed by atoms with Crippen LogP contribution in [0.4, 0.5) is 0 Å². The van der Waals surface area contributed by atoms with Gasteiger partial charge in [0.25, 0.3) is 0 Å². The highest BCUT2D eigenvalue weighted by atomic mass is 16.5. The number of β-amino-alcohol motifs (C(OH)–C–C–N with tert-alkyl or cyclic N) is 1. The minimum absolute atomic E-state index is 0.294. The van der Waals surface area contributed by atoms with Gasteiger partial charge in [0.1, 0.15) is 18.5 Å². The highest BCUT2D eigenvalue weighted by molar-refractivity contribution is 5.71. The molecule has 138 valence electrons. The smallest absolute Gasteiger partial charge is 0.119 e. The van der Waals surface area contributed by atoms with Crippen LogP contribution in [0.25, 0.3) is 11.1 Å². The monoisotopic (exact) mass is 359 g/mol. The van der Waals surface area contributed by atoms with Crippen LogP contribution in [0.1, 0.15) is 16.7 Å². The highest BCUT2D eigenvalue weighted by Gasteiger charge is 2.20. The van der Waals surface area contributed by atoms with Crippen LogP contribution in [0.2, 0.25) is 0 Å². The number of rotatable bonds is 5. The molecular formula is C24H25NO2. The van der Waals surface area contributed by atoms with Gasteiger partial charge in [0.2, 0.25) is 0 Å². The standard InChI is InChI=1S/C24H25NO2/c1-18-10-12-22(13-11-18)27-17-21(26)16-25-14-19-6-2-4-8-23(19)24-9-5-3-7-20(24)15-25/h2-13,21,26H,14-17H2,1H3. The average molecular weight is 359 g/mol. The predicted molar refractivity (Wildman–Crippen MR) is 109 cm³/mol. The summed E-state index contributed by atoms with van der Waals surface area (Å²) in [7, 11) is 0. The van der Waals surface area contributed by atoms with Crippen molar-refractivity contribution in [2.75, 3.05) is 13.2 Å². The first-order valence-corrected chi connectivity index (χ1v) is 9.45. The summed E-state index contributed by atoms with van der Waals surface area (Å²) in [5.41, 5.74) is 6.38. The van der Waals surface area contributed by atoms with Gasteiger partial charge < -0.3 is 9.84 Å². The molecule has 0 spiro atoms. The number of hydrogen-bond acceptors (Lipinski definition) is 3. The van der Waals surface area contributed by atoms with Gasteiger partial charge in [0.15, 0.2) is 0 Å². The van der Waals surface area contributed by atoms with Crippen molar-refractivity contribution in [3.63, 3.8) is 0 Å². The Labute approximate surface area is 160 Å². The van der Waals surface area contributed by atoms with E-state index >= 15 is 0 Å². The molecule has 0 bridgehead atoms. The van der Waals surface area contributed by atoms with Gasteiger partial charge >= 0.3 is 0 Å². The second-order valence-corrected chi connectivity index (χ2v) is 7.26. The zero-order chi connectivity index (χ0) is 18.6. The van der Waals surface area contributed by atoms with Gasteiger partial charge in [-0.2, -0.15) is 0 Å². The second kappa shape index (κ2) is 7.95. The third-order valence-corrected chi connectivity index (χ3v) is 5.05. The van der Waals surface area contributed by atoms with Crippen molar-refractivity contribution in [2.45, 2.75) is 26.1 Å². The quantitative estimate of drug-likeness (QED) is 0.732. The van der Waals surface area contributed by atoms with E-state index in [1.807, 2.05) is 31.2 Å². The van der Waals surface area contributed by atoms with E-state index in [0.29, 0.717) is 13.2 Å².